The van der Waals surface area contributed by atoms with Crippen LogP contribution >= 0.6 is 7.60 Å². The molecule has 0 saturated carbocycles. The van der Waals surface area contributed by atoms with Crippen LogP contribution in [0.4, 0.5) is 0 Å². The molecule has 1 saturated heterocycles. The van der Waals surface area contributed by atoms with Crippen LogP contribution < -0.4 is 0 Å². The van der Waals surface area contributed by atoms with E-state index >= 15 is 0 Å². The molecule has 0 amide bonds. The molecule has 242 valence electrons. The molecule has 1 fully saturated rings. The zero-order chi connectivity index (χ0) is 32.0. The molecule has 0 bridgehead atoms. The van der Waals surface area contributed by atoms with Crippen LogP contribution in [0, 0.1) is 0 Å². The summed E-state index contributed by atoms with van der Waals surface area (Å²) in [5.74, 6) is 1.65. The molecule has 1 aliphatic heterocycles. The van der Waals surface area contributed by atoms with Crippen LogP contribution in [0.25, 0.3) is 0 Å². The van der Waals surface area contributed by atoms with Crippen molar-refractivity contribution >= 4 is 7.60 Å². The second kappa shape index (κ2) is 17.4. The maximum atomic E-state index is 13.5. The lowest BCUT2D eigenvalue weighted by molar-refractivity contribution is -0.223. The Hall–Kier alpha value is -3.59. The Kier molecular flexibility index (Phi) is 12.7. The summed E-state index contributed by atoms with van der Waals surface area (Å²) in [5, 5.41) is 0. The zero-order valence-electron chi connectivity index (χ0n) is 26.2. The van der Waals surface area contributed by atoms with E-state index in [2.05, 4.69) is 0 Å². The minimum absolute atomic E-state index is 0.173. The molecule has 9 heteroatoms. The quantitative estimate of drug-likeness (QED) is 0.115. The summed E-state index contributed by atoms with van der Waals surface area (Å²) in [6, 6.07) is 39.5. The molecular weight excluding hydrogens is 603 g/mol. The maximum absolute atomic E-state index is 13.5. The number of hydrogen-bond donors (Lipinski definition) is 0. The van der Waals surface area contributed by atoms with E-state index in [1.807, 2.05) is 121 Å². The molecule has 5 rings (SSSR count). The number of benzene rings is 4. The summed E-state index contributed by atoms with van der Waals surface area (Å²) < 4.78 is 56.7. The normalized spacial score (nSPS) is 20.8. The van der Waals surface area contributed by atoms with E-state index in [-0.39, 0.29) is 19.0 Å². The predicted octanol–water partition coefficient (Wildman–Crippen LogP) is 7.69. The highest BCUT2D eigenvalue weighted by atomic mass is 31.2. The summed E-state index contributed by atoms with van der Waals surface area (Å²) >= 11 is 0. The van der Waals surface area contributed by atoms with Crippen molar-refractivity contribution in [1.29, 1.82) is 0 Å². The first kappa shape index (κ1) is 33.8. The molecule has 0 spiro atoms. The van der Waals surface area contributed by atoms with Gasteiger partial charge in [-0.1, -0.05) is 121 Å². The van der Waals surface area contributed by atoms with Crippen molar-refractivity contribution < 1.29 is 37.3 Å². The van der Waals surface area contributed by atoms with E-state index in [1.165, 1.54) is 20.0 Å². The highest BCUT2D eigenvalue weighted by Crippen LogP contribution is 2.50. The van der Waals surface area contributed by atoms with Crippen LogP contribution in [0.3, 0.4) is 0 Å². The Morgan fingerprint density at radius 2 is 1.00 bits per heavy atom. The summed E-state index contributed by atoms with van der Waals surface area (Å²) in [6.45, 7) is 1.41. The fraction of sp³-hybridized carbons (Fsp3) is 0.297. The third-order valence-electron chi connectivity index (χ3n) is 7.59. The lowest BCUT2D eigenvalue weighted by Crippen LogP contribution is -2.56. The van der Waals surface area contributed by atoms with Crippen molar-refractivity contribution in [2.45, 2.75) is 50.8 Å². The van der Waals surface area contributed by atoms with Crippen molar-refractivity contribution in [1.82, 2.24) is 0 Å². The van der Waals surface area contributed by atoms with Gasteiger partial charge in [-0.2, -0.15) is 0 Å². The van der Waals surface area contributed by atoms with E-state index in [1.54, 1.807) is 0 Å². The summed E-state index contributed by atoms with van der Waals surface area (Å²) in [6.07, 6.45) is -2.76. The molecule has 0 aliphatic carbocycles. The van der Waals surface area contributed by atoms with Crippen LogP contribution in [0.1, 0.15) is 22.3 Å². The number of rotatable bonds is 16. The summed E-state index contributed by atoms with van der Waals surface area (Å²) in [5.41, 5.74) is 3.97. The van der Waals surface area contributed by atoms with Crippen molar-refractivity contribution in [2.75, 3.05) is 20.8 Å². The Bertz CT molecular complexity index is 1510. The summed E-state index contributed by atoms with van der Waals surface area (Å²) in [7, 11) is -1.01. The smallest absolute Gasteiger partial charge is 0.357 e. The molecule has 1 heterocycles. The monoisotopic (exact) mass is 644 g/mol. The van der Waals surface area contributed by atoms with Gasteiger partial charge in [-0.05, 0) is 22.3 Å². The minimum atomic E-state index is -3.67. The van der Waals surface area contributed by atoms with Crippen molar-refractivity contribution in [3.63, 3.8) is 0 Å². The first-order valence-electron chi connectivity index (χ1n) is 15.3. The zero-order valence-corrected chi connectivity index (χ0v) is 27.1. The average molecular weight is 645 g/mol. The van der Waals surface area contributed by atoms with Gasteiger partial charge >= 0.3 is 7.60 Å². The van der Waals surface area contributed by atoms with E-state index < -0.39 is 32.0 Å². The molecule has 0 radical (unpaired) electrons. The molecule has 3 unspecified atom stereocenters. The van der Waals surface area contributed by atoms with Gasteiger partial charge in [0.25, 0.3) is 0 Å². The van der Waals surface area contributed by atoms with Crippen LogP contribution in [-0.2, 0) is 63.7 Å². The van der Waals surface area contributed by atoms with Gasteiger partial charge in [0.05, 0.1) is 38.9 Å². The van der Waals surface area contributed by atoms with Crippen LogP contribution in [0.5, 0.6) is 0 Å². The number of hydrogen-bond acceptors (Lipinski definition) is 8. The van der Waals surface area contributed by atoms with Crippen LogP contribution in [-0.4, -0.2) is 45.2 Å². The first-order chi connectivity index (χ1) is 22.6. The van der Waals surface area contributed by atoms with Gasteiger partial charge in [-0.25, -0.2) is 0 Å². The number of ether oxygens (including phenoxy) is 5. The van der Waals surface area contributed by atoms with Gasteiger partial charge < -0.3 is 32.7 Å². The topological polar surface area (TPSA) is 81.7 Å². The lowest BCUT2D eigenvalue weighted by Gasteiger charge is -2.43. The van der Waals surface area contributed by atoms with Gasteiger partial charge in [-0.3, -0.25) is 4.57 Å². The molecule has 4 atom stereocenters. The molecule has 4 aromatic rings. The van der Waals surface area contributed by atoms with Gasteiger partial charge in [0.15, 0.2) is 6.10 Å². The van der Waals surface area contributed by atoms with Gasteiger partial charge in [0.1, 0.15) is 24.1 Å². The van der Waals surface area contributed by atoms with Gasteiger partial charge in [0.2, 0.25) is 0 Å². The third-order valence-corrected chi connectivity index (χ3v) is 9.18. The SMILES string of the molecule is COP(=O)(/C=C1\OC(COCc2ccccc2)[C@@H](OCc2ccccc2)C(OCc2ccccc2)C1OCc1ccccc1)OC. The molecule has 0 N–H and O–H groups in total. The van der Waals surface area contributed by atoms with Gasteiger partial charge in [0, 0.05) is 14.2 Å². The molecule has 1 aliphatic rings. The third kappa shape index (κ3) is 9.71. The molecule has 4 aromatic carbocycles. The highest BCUT2D eigenvalue weighted by Gasteiger charge is 2.47. The fourth-order valence-corrected chi connectivity index (χ4v) is 6.02. The van der Waals surface area contributed by atoms with E-state index in [0.29, 0.717) is 19.8 Å². The van der Waals surface area contributed by atoms with Crippen molar-refractivity contribution in [2.24, 2.45) is 0 Å². The lowest BCUT2D eigenvalue weighted by atomic mass is 9.97. The maximum Gasteiger partial charge on any atom is 0.357 e. The first-order valence-corrected chi connectivity index (χ1v) is 16.9. The Balaban J connectivity index is 1.50. The highest BCUT2D eigenvalue weighted by molar-refractivity contribution is 7.57. The standard InChI is InChI=1S/C37H41O8P/c1-39-46(38,40-2)28-34-36(43-25-31-19-11-5-12-20-31)37(44-26-32-21-13-6-14-22-32)35(42-24-30-17-9-4-10-18-30)33(45-34)27-41-23-29-15-7-3-8-16-29/h3-22,28,33,35-37H,23-27H2,1-2H3/b34-28-/t33?,35-,36?,37?/m1/s1. The predicted molar refractivity (Wildman–Crippen MR) is 176 cm³/mol. The van der Waals surface area contributed by atoms with Gasteiger partial charge in [-0.15, -0.1) is 0 Å². The van der Waals surface area contributed by atoms with E-state index in [4.69, 9.17) is 32.7 Å². The second-order valence-corrected chi connectivity index (χ2v) is 12.9. The Morgan fingerprint density at radius 3 is 1.46 bits per heavy atom. The molecular formula is C37H41O8P. The summed E-state index contributed by atoms with van der Waals surface area (Å²) in [4.78, 5) is 0. The average Bonchev–Trinajstić information content (AvgIpc) is 3.11. The van der Waals surface area contributed by atoms with Crippen LogP contribution in [0.15, 0.2) is 133 Å². The Morgan fingerprint density at radius 1 is 0.587 bits per heavy atom. The minimum Gasteiger partial charge on any atom is -0.486 e. The Labute approximate surface area is 271 Å². The van der Waals surface area contributed by atoms with Crippen LogP contribution in [0.2, 0.25) is 0 Å². The van der Waals surface area contributed by atoms with Crippen molar-refractivity contribution in [3.05, 3.63) is 155 Å². The fourth-order valence-electron chi connectivity index (χ4n) is 5.15. The second-order valence-electron chi connectivity index (χ2n) is 10.8. The van der Waals surface area contributed by atoms with E-state index in [9.17, 15) is 4.57 Å². The molecule has 8 nitrogen and oxygen atoms in total. The largest absolute Gasteiger partial charge is 0.486 e. The molecule has 0 aromatic heterocycles. The molecule has 46 heavy (non-hydrogen) atoms. The van der Waals surface area contributed by atoms with Crippen molar-refractivity contribution in [3.8, 4) is 0 Å². The van der Waals surface area contributed by atoms with E-state index in [0.717, 1.165) is 22.3 Å².